The number of nitrogens with one attached hydrogen (secondary N) is 2. The number of carbonyl (C=O) groups excluding carboxylic acids is 2. The number of hydrogen-bond acceptors (Lipinski definition) is 2. The van der Waals surface area contributed by atoms with Crippen molar-refractivity contribution < 1.29 is 9.59 Å². The number of rotatable bonds is 2. The summed E-state index contributed by atoms with van der Waals surface area (Å²) < 4.78 is 0. The van der Waals surface area contributed by atoms with E-state index >= 15 is 0 Å². The molecule has 2 bridgehead atoms. The second kappa shape index (κ2) is 7.55. The molecule has 2 saturated heterocycles. The summed E-state index contributed by atoms with van der Waals surface area (Å²) >= 11 is 0. The van der Waals surface area contributed by atoms with Crippen molar-refractivity contribution in [1.82, 2.24) is 15.5 Å². The van der Waals surface area contributed by atoms with Gasteiger partial charge in [-0.1, -0.05) is 40.0 Å². The van der Waals surface area contributed by atoms with Gasteiger partial charge in [-0.05, 0) is 44.9 Å². The van der Waals surface area contributed by atoms with Crippen LogP contribution >= 0.6 is 0 Å². The third-order valence-corrected chi connectivity index (χ3v) is 6.16. The summed E-state index contributed by atoms with van der Waals surface area (Å²) in [5.74, 6) is 0.121. The van der Waals surface area contributed by atoms with Gasteiger partial charge < -0.3 is 15.5 Å². The number of hydrogen-bond donors (Lipinski definition) is 2. The first-order chi connectivity index (χ1) is 11.8. The predicted molar refractivity (Wildman–Crippen MR) is 99.3 cm³/mol. The Morgan fingerprint density at radius 1 is 0.800 bits per heavy atom. The molecular weight excluding hydrogens is 314 g/mol. The number of carbonyl (C=O) groups is 2. The Balaban J connectivity index is 1.59. The highest BCUT2D eigenvalue weighted by Crippen LogP contribution is 2.34. The van der Waals surface area contributed by atoms with Crippen LogP contribution in [0.5, 0.6) is 0 Å². The zero-order chi connectivity index (χ0) is 18.0. The topological polar surface area (TPSA) is 61.4 Å². The van der Waals surface area contributed by atoms with Gasteiger partial charge in [-0.3, -0.25) is 4.79 Å². The molecule has 0 aromatic carbocycles. The first-order valence-electron chi connectivity index (χ1n) is 10.2. The van der Waals surface area contributed by atoms with Crippen LogP contribution in [0, 0.1) is 5.41 Å². The van der Waals surface area contributed by atoms with E-state index in [-0.39, 0.29) is 35.5 Å². The van der Waals surface area contributed by atoms with E-state index in [1.807, 2.05) is 20.8 Å². The molecule has 0 aromatic rings. The summed E-state index contributed by atoms with van der Waals surface area (Å²) in [6.07, 6.45) is 11.1. The van der Waals surface area contributed by atoms with E-state index < -0.39 is 0 Å². The number of fused-ring (bicyclic) bond motifs is 2. The Labute approximate surface area is 152 Å². The van der Waals surface area contributed by atoms with Crippen LogP contribution < -0.4 is 10.6 Å². The summed E-state index contributed by atoms with van der Waals surface area (Å²) in [5.41, 5.74) is -0.357. The van der Waals surface area contributed by atoms with Crippen molar-refractivity contribution in [3.05, 3.63) is 0 Å². The molecule has 2 N–H and O–H groups in total. The van der Waals surface area contributed by atoms with Gasteiger partial charge in [0.1, 0.15) is 0 Å². The lowest BCUT2D eigenvalue weighted by Gasteiger charge is -2.49. The lowest BCUT2D eigenvalue weighted by molar-refractivity contribution is -0.129. The molecule has 0 aromatic heterocycles. The minimum Gasteiger partial charge on any atom is -0.353 e. The van der Waals surface area contributed by atoms with Crippen molar-refractivity contribution >= 4 is 11.9 Å². The zero-order valence-electron chi connectivity index (χ0n) is 16.1. The van der Waals surface area contributed by atoms with E-state index in [9.17, 15) is 9.59 Å². The smallest absolute Gasteiger partial charge is 0.318 e. The third kappa shape index (κ3) is 4.48. The molecule has 3 fully saturated rings. The highest BCUT2D eigenvalue weighted by molar-refractivity contribution is 5.81. The highest BCUT2D eigenvalue weighted by Gasteiger charge is 2.42. The van der Waals surface area contributed by atoms with Crippen LogP contribution in [0.2, 0.25) is 0 Å². The molecule has 1 unspecified atom stereocenters. The molecular formula is C20H35N3O2. The third-order valence-electron chi connectivity index (χ3n) is 6.16. The van der Waals surface area contributed by atoms with Crippen molar-refractivity contribution in [2.24, 2.45) is 5.41 Å². The predicted octanol–water partition coefficient (Wildman–Crippen LogP) is 3.58. The summed E-state index contributed by atoms with van der Waals surface area (Å²) in [6.45, 7) is 5.86. The van der Waals surface area contributed by atoms with Gasteiger partial charge in [0.05, 0.1) is 0 Å². The molecule has 0 spiro atoms. The van der Waals surface area contributed by atoms with Crippen LogP contribution in [0.15, 0.2) is 0 Å². The Morgan fingerprint density at radius 2 is 1.40 bits per heavy atom. The minimum atomic E-state index is -0.357. The van der Waals surface area contributed by atoms with E-state index in [2.05, 4.69) is 15.5 Å². The molecule has 2 heterocycles. The van der Waals surface area contributed by atoms with Gasteiger partial charge in [0.2, 0.25) is 5.91 Å². The number of nitrogens with zero attached hydrogens (tertiary/aromatic N) is 1. The fourth-order valence-corrected chi connectivity index (χ4v) is 4.73. The van der Waals surface area contributed by atoms with Gasteiger partial charge in [-0.25, -0.2) is 4.79 Å². The molecule has 3 aliphatic rings. The van der Waals surface area contributed by atoms with Crippen LogP contribution in [-0.4, -0.2) is 41.0 Å². The van der Waals surface area contributed by atoms with Crippen molar-refractivity contribution in [3.63, 3.8) is 0 Å². The van der Waals surface area contributed by atoms with E-state index in [1.165, 1.54) is 25.7 Å². The summed E-state index contributed by atoms with van der Waals surface area (Å²) in [5, 5.41) is 6.53. The van der Waals surface area contributed by atoms with Crippen molar-refractivity contribution in [1.29, 1.82) is 0 Å². The Hall–Kier alpha value is -1.26. The maximum atomic E-state index is 12.9. The van der Waals surface area contributed by atoms with E-state index in [0.29, 0.717) is 6.04 Å². The molecule has 0 radical (unpaired) electrons. The van der Waals surface area contributed by atoms with Crippen LogP contribution in [0.4, 0.5) is 4.79 Å². The number of amides is 3. The largest absolute Gasteiger partial charge is 0.353 e. The van der Waals surface area contributed by atoms with Crippen LogP contribution in [0.3, 0.4) is 0 Å². The van der Waals surface area contributed by atoms with E-state index in [0.717, 1.165) is 38.5 Å². The molecule has 25 heavy (non-hydrogen) atoms. The summed E-state index contributed by atoms with van der Waals surface area (Å²) in [6, 6.07) is 1.27. The molecule has 1 aliphatic carbocycles. The maximum absolute atomic E-state index is 12.9. The van der Waals surface area contributed by atoms with Gasteiger partial charge in [0.15, 0.2) is 0 Å². The van der Waals surface area contributed by atoms with Crippen molar-refractivity contribution in [2.45, 2.75) is 109 Å². The minimum absolute atomic E-state index is 0.121. The fraction of sp³-hybridized carbons (Fsp3) is 0.900. The Bertz CT molecular complexity index is 480. The lowest BCUT2D eigenvalue weighted by atomic mass is 9.81. The lowest BCUT2D eigenvalue weighted by Crippen LogP contribution is -2.62. The van der Waals surface area contributed by atoms with Gasteiger partial charge >= 0.3 is 6.03 Å². The first kappa shape index (κ1) is 18.5. The molecule has 142 valence electrons. The molecule has 3 amide bonds. The SMILES string of the molecule is CC(C)(C)C(=O)NC1C[C@H]2CCC[C@@H](C1)N2C(=O)NC1CCCCC1. The van der Waals surface area contributed by atoms with Gasteiger partial charge in [-0.2, -0.15) is 0 Å². The fourth-order valence-electron chi connectivity index (χ4n) is 4.73. The summed E-state index contributed by atoms with van der Waals surface area (Å²) in [4.78, 5) is 27.3. The van der Waals surface area contributed by atoms with E-state index in [1.54, 1.807) is 0 Å². The Kier molecular flexibility index (Phi) is 5.59. The molecule has 1 saturated carbocycles. The monoisotopic (exact) mass is 349 g/mol. The first-order valence-corrected chi connectivity index (χ1v) is 10.2. The Morgan fingerprint density at radius 3 is 1.96 bits per heavy atom. The molecule has 3 atom stereocenters. The normalized spacial score (nSPS) is 30.7. The van der Waals surface area contributed by atoms with Crippen LogP contribution in [-0.2, 0) is 4.79 Å². The summed E-state index contributed by atoms with van der Waals surface area (Å²) in [7, 11) is 0. The average Bonchev–Trinajstić information content (AvgIpc) is 2.54. The molecule has 2 aliphatic heterocycles. The van der Waals surface area contributed by atoms with Crippen LogP contribution in [0.1, 0.15) is 85.0 Å². The highest BCUT2D eigenvalue weighted by atomic mass is 16.2. The molecule has 3 rings (SSSR count). The van der Waals surface area contributed by atoms with Gasteiger partial charge in [-0.15, -0.1) is 0 Å². The van der Waals surface area contributed by atoms with Crippen LogP contribution in [0.25, 0.3) is 0 Å². The zero-order valence-corrected chi connectivity index (χ0v) is 16.1. The second-order valence-corrected chi connectivity index (χ2v) is 9.32. The van der Waals surface area contributed by atoms with Gasteiger partial charge in [0.25, 0.3) is 0 Å². The number of piperidine rings is 2. The molecule has 5 heteroatoms. The number of urea groups is 1. The van der Waals surface area contributed by atoms with Gasteiger partial charge in [0, 0.05) is 29.6 Å². The maximum Gasteiger partial charge on any atom is 0.318 e. The average molecular weight is 350 g/mol. The molecule has 5 nitrogen and oxygen atoms in total. The van der Waals surface area contributed by atoms with Crippen molar-refractivity contribution in [2.75, 3.05) is 0 Å². The quantitative estimate of drug-likeness (QED) is 0.800. The van der Waals surface area contributed by atoms with E-state index in [4.69, 9.17) is 0 Å². The second-order valence-electron chi connectivity index (χ2n) is 9.32. The standard InChI is InChI=1S/C20H35N3O2/c1-20(2,3)18(24)21-15-12-16-10-7-11-17(13-15)23(16)19(25)22-14-8-5-4-6-9-14/h14-17H,4-13H2,1-3H3,(H,21,24)(H,22,25)/t15?,16-,17+. The van der Waals surface area contributed by atoms with Crippen molar-refractivity contribution in [3.8, 4) is 0 Å².